The molecule has 0 atom stereocenters. The third-order valence-corrected chi connectivity index (χ3v) is 2.14. The Hall–Kier alpha value is -2.24. The summed E-state index contributed by atoms with van der Waals surface area (Å²) in [7, 11) is 0. The lowest BCUT2D eigenvalue weighted by Gasteiger charge is -2.09. The van der Waals surface area contributed by atoms with E-state index in [4.69, 9.17) is 15.7 Å². The monoisotopic (exact) mass is 251 g/mol. The van der Waals surface area contributed by atoms with Crippen molar-refractivity contribution in [3.63, 3.8) is 0 Å². The van der Waals surface area contributed by atoms with Crippen LogP contribution in [0.3, 0.4) is 0 Å². The minimum Gasteiger partial charge on any atom is -0.447 e. The number of benzene rings is 1. The van der Waals surface area contributed by atoms with E-state index in [1.165, 1.54) is 0 Å². The molecule has 0 aliphatic heterocycles. The zero-order valence-electron chi connectivity index (χ0n) is 10.4. The van der Waals surface area contributed by atoms with Gasteiger partial charge >= 0.3 is 6.09 Å². The molecule has 0 aromatic heterocycles. The average Bonchev–Trinajstić information content (AvgIpc) is 2.35. The Morgan fingerprint density at radius 3 is 2.56 bits per heavy atom. The summed E-state index contributed by atoms with van der Waals surface area (Å²) in [6.07, 6.45) is -0.599. The molecule has 0 saturated heterocycles. The van der Waals surface area contributed by atoms with Gasteiger partial charge in [-0.15, -0.1) is 0 Å². The molecule has 0 radical (unpaired) electrons. The van der Waals surface area contributed by atoms with Gasteiger partial charge in [0.05, 0.1) is 6.10 Å². The van der Waals surface area contributed by atoms with Crippen LogP contribution in [0.2, 0.25) is 0 Å². The quantitative estimate of drug-likeness (QED) is 0.326. The number of hydrogen-bond acceptors (Lipinski definition) is 4. The van der Waals surface area contributed by atoms with E-state index in [1.54, 1.807) is 38.1 Å². The first-order chi connectivity index (χ1) is 8.52. The molecule has 0 spiro atoms. The summed E-state index contributed by atoms with van der Waals surface area (Å²) in [6.45, 7) is 3.93. The molecule has 98 valence electrons. The maximum Gasteiger partial charge on any atom is 0.407 e. The molecule has 1 aromatic carbocycles. The number of alkyl carbamates (subject to hydrolysis) is 1. The van der Waals surface area contributed by atoms with Crippen LogP contribution in [0.15, 0.2) is 29.4 Å². The first-order valence-corrected chi connectivity index (χ1v) is 5.54. The number of amidine groups is 1. The van der Waals surface area contributed by atoms with Gasteiger partial charge in [-0.2, -0.15) is 0 Å². The molecule has 1 amide bonds. The molecule has 0 bridgehead atoms. The molecular formula is C12H17N3O3. The lowest BCUT2D eigenvalue weighted by molar-refractivity contribution is 0.115. The second-order valence-corrected chi connectivity index (χ2v) is 3.99. The molecule has 1 aromatic rings. The van der Waals surface area contributed by atoms with Crippen molar-refractivity contribution in [3.8, 4) is 0 Å². The van der Waals surface area contributed by atoms with Gasteiger partial charge in [0.1, 0.15) is 0 Å². The topological polar surface area (TPSA) is 96.9 Å². The summed E-state index contributed by atoms with van der Waals surface area (Å²) in [6, 6.07) is 6.98. The highest BCUT2D eigenvalue weighted by atomic mass is 16.6. The number of oxime groups is 1. The van der Waals surface area contributed by atoms with Crippen molar-refractivity contribution in [2.24, 2.45) is 10.9 Å². The standard InChI is InChI=1S/C12H17N3O3/c1-8(2)18-12(16)14-7-9-3-5-10(6-4-9)11(13)15-17/h3-6,8,17H,7H2,1-2H3,(H2,13,15)(H,14,16). The van der Waals surface area contributed by atoms with Crippen molar-refractivity contribution in [2.75, 3.05) is 0 Å². The summed E-state index contributed by atoms with van der Waals surface area (Å²) >= 11 is 0. The minimum atomic E-state index is -0.453. The summed E-state index contributed by atoms with van der Waals surface area (Å²) in [5.41, 5.74) is 6.94. The Labute approximate surface area is 105 Å². The lowest BCUT2D eigenvalue weighted by Crippen LogP contribution is -2.26. The Kier molecular flexibility index (Phi) is 4.98. The van der Waals surface area contributed by atoms with E-state index >= 15 is 0 Å². The van der Waals surface area contributed by atoms with Crippen LogP contribution in [0.25, 0.3) is 0 Å². The predicted octanol–water partition coefficient (Wildman–Crippen LogP) is 1.42. The van der Waals surface area contributed by atoms with E-state index in [-0.39, 0.29) is 11.9 Å². The molecule has 6 heteroatoms. The highest BCUT2D eigenvalue weighted by molar-refractivity contribution is 5.96. The van der Waals surface area contributed by atoms with Crippen molar-refractivity contribution in [3.05, 3.63) is 35.4 Å². The van der Waals surface area contributed by atoms with E-state index < -0.39 is 6.09 Å². The third-order valence-electron chi connectivity index (χ3n) is 2.14. The highest BCUT2D eigenvalue weighted by Gasteiger charge is 2.04. The van der Waals surface area contributed by atoms with Crippen LogP contribution in [-0.2, 0) is 11.3 Å². The van der Waals surface area contributed by atoms with E-state index in [9.17, 15) is 4.79 Å². The number of hydrogen-bond donors (Lipinski definition) is 3. The lowest BCUT2D eigenvalue weighted by atomic mass is 10.1. The number of nitrogens with two attached hydrogens (primary N) is 1. The molecule has 0 fully saturated rings. The Morgan fingerprint density at radius 1 is 1.44 bits per heavy atom. The molecule has 0 saturated carbocycles. The van der Waals surface area contributed by atoms with Gasteiger partial charge in [-0.1, -0.05) is 29.4 Å². The van der Waals surface area contributed by atoms with Crippen LogP contribution in [0.5, 0.6) is 0 Å². The van der Waals surface area contributed by atoms with Gasteiger partial charge in [0.15, 0.2) is 5.84 Å². The summed E-state index contributed by atoms with van der Waals surface area (Å²) in [5.74, 6) is 0.0497. The maximum absolute atomic E-state index is 11.2. The van der Waals surface area contributed by atoms with Crippen molar-refractivity contribution in [1.29, 1.82) is 0 Å². The number of rotatable bonds is 4. The number of ether oxygens (including phenoxy) is 1. The van der Waals surface area contributed by atoms with E-state index in [1.807, 2.05) is 0 Å². The summed E-state index contributed by atoms with van der Waals surface area (Å²) < 4.78 is 4.93. The van der Waals surface area contributed by atoms with Crippen LogP contribution in [0.4, 0.5) is 4.79 Å². The molecule has 0 unspecified atom stereocenters. The van der Waals surface area contributed by atoms with Gasteiger partial charge in [0.2, 0.25) is 0 Å². The molecular weight excluding hydrogens is 234 g/mol. The zero-order chi connectivity index (χ0) is 13.5. The Balaban J connectivity index is 2.52. The van der Waals surface area contributed by atoms with Crippen LogP contribution in [0.1, 0.15) is 25.0 Å². The smallest absolute Gasteiger partial charge is 0.407 e. The van der Waals surface area contributed by atoms with Gasteiger partial charge in [0.25, 0.3) is 0 Å². The van der Waals surface area contributed by atoms with Gasteiger partial charge < -0.3 is 21.0 Å². The second kappa shape index (κ2) is 6.48. The first kappa shape index (κ1) is 13.8. The molecule has 0 heterocycles. The molecule has 18 heavy (non-hydrogen) atoms. The largest absolute Gasteiger partial charge is 0.447 e. The van der Waals surface area contributed by atoms with Crippen LogP contribution in [-0.4, -0.2) is 23.2 Å². The van der Waals surface area contributed by atoms with Gasteiger partial charge in [-0.25, -0.2) is 4.79 Å². The van der Waals surface area contributed by atoms with Gasteiger partial charge in [0, 0.05) is 12.1 Å². The fourth-order valence-corrected chi connectivity index (χ4v) is 1.28. The fraction of sp³-hybridized carbons (Fsp3) is 0.333. The minimum absolute atomic E-state index is 0.0497. The number of nitrogens with one attached hydrogen (secondary N) is 1. The van der Waals surface area contributed by atoms with E-state index in [0.717, 1.165) is 5.56 Å². The van der Waals surface area contributed by atoms with Crippen molar-refractivity contribution >= 4 is 11.9 Å². The third kappa shape index (κ3) is 4.32. The van der Waals surface area contributed by atoms with Gasteiger partial charge in [-0.05, 0) is 19.4 Å². The SMILES string of the molecule is CC(C)OC(=O)NCc1ccc(/C(N)=N/O)cc1. The number of carbonyl (C=O) groups excluding carboxylic acids is 1. The summed E-state index contributed by atoms with van der Waals surface area (Å²) in [4.78, 5) is 11.2. The van der Waals surface area contributed by atoms with E-state index in [0.29, 0.717) is 12.1 Å². The Morgan fingerprint density at radius 2 is 2.06 bits per heavy atom. The average molecular weight is 251 g/mol. The normalized spacial score (nSPS) is 11.4. The van der Waals surface area contributed by atoms with Crippen molar-refractivity contribution < 1.29 is 14.7 Å². The predicted molar refractivity (Wildman–Crippen MR) is 67.4 cm³/mol. The van der Waals surface area contributed by atoms with Crippen LogP contribution >= 0.6 is 0 Å². The molecule has 6 nitrogen and oxygen atoms in total. The van der Waals surface area contributed by atoms with Gasteiger partial charge in [-0.3, -0.25) is 0 Å². The number of amides is 1. The van der Waals surface area contributed by atoms with Crippen molar-refractivity contribution in [2.45, 2.75) is 26.5 Å². The second-order valence-electron chi connectivity index (χ2n) is 3.99. The molecule has 0 aliphatic rings. The Bertz CT molecular complexity index is 427. The van der Waals surface area contributed by atoms with E-state index in [2.05, 4.69) is 10.5 Å². The molecule has 4 N–H and O–H groups in total. The maximum atomic E-state index is 11.2. The van der Waals surface area contributed by atoms with Crippen LogP contribution < -0.4 is 11.1 Å². The zero-order valence-corrected chi connectivity index (χ0v) is 10.4. The van der Waals surface area contributed by atoms with Crippen LogP contribution in [0, 0.1) is 0 Å². The molecule has 1 rings (SSSR count). The summed E-state index contributed by atoms with van der Waals surface area (Å²) in [5, 5.41) is 14.0. The fourth-order valence-electron chi connectivity index (χ4n) is 1.28. The highest BCUT2D eigenvalue weighted by Crippen LogP contribution is 2.04. The number of carbonyl (C=O) groups is 1. The number of nitrogens with zero attached hydrogens (tertiary/aromatic N) is 1. The molecule has 0 aliphatic carbocycles. The first-order valence-electron chi connectivity index (χ1n) is 5.54. The van der Waals surface area contributed by atoms with Crippen molar-refractivity contribution in [1.82, 2.24) is 5.32 Å².